The molecule has 82 valence electrons. The van der Waals surface area contributed by atoms with Crippen LogP contribution in [-0.4, -0.2) is 24.3 Å². The van der Waals surface area contributed by atoms with Gasteiger partial charge in [0, 0.05) is 12.7 Å². The van der Waals surface area contributed by atoms with Crippen molar-refractivity contribution in [2.45, 2.75) is 39.2 Å². The van der Waals surface area contributed by atoms with Crippen molar-refractivity contribution in [1.29, 1.82) is 0 Å². The third-order valence-corrected chi connectivity index (χ3v) is 2.35. The maximum Gasteiger partial charge on any atom is 0.330 e. The Hall–Kier alpha value is -0.830. The van der Waals surface area contributed by atoms with Crippen molar-refractivity contribution in [1.82, 2.24) is 0 Å². The normalized spacial score (nSPS) is 14.8. The summed E-state index contributed by atoms with van der Waals surface area (Å²) in [7, 11) is 1.69. The minimum Gasteiger partial charge on any atom is -0.478 e. The predicted octanol–water partition coefficient (Wildman–Crippen LogP) is 2.47. The van der Waals surface area contributed by atoms with Gasteiger partial charge < -0.3 is 9.84 Å². The Balaban J connectivity index is 3.90. The first-order chi connectivity index (χ1) is 6.51. The molecule has 0 aliphatic rings. The highest BCUT2D eigenvalue weighted by Gasteiger charge is 2.14. The fourth-order valence-corrected chi connectivity index (χ4v) is 1.47. The smallest absolute Gasteiger partial charge is 0.330 e. The summed E-state index contributed by atoms with van der Waals surface area (Å²) < 4.78 is 5.24. The second kappa shape index (κ2) is 6.60. The van der Waals surface area contributed by atoms with Crippen molar-refractivity contribution >= 4 is 5.97 Å². The van der Waals surface area contributed by atoms with Gasteiger partial charge in [-0.2, -0.15) is 0 Å². The zero-order valence-corrected chi connectivity index (χ0v) is 9.25. The van der Waals surface area contributed by atoms with E-state index >= 15 is 0 Å². The van der Waals surface area contributed by atoms with Crippen LogP contribution >= 0.6 is 0 Å². The Bertz CT molecular complexity index is 195. The fraction of sp³-hybridized carbons (Fsp3) is 0.727. The lowest BCUT2D eigenvalue weighted by Crippen LogP contribution is -2.15. The lowest BCUT2D eigenvalue weighted by atomic mass is 9.95. The first-order valence-corrected chi connectivity index (χ1v) is 4.95. The molecule has 0 aromatic carbocycles. The van der Waals surface area contributed by atoms with Gasteiger partial charge in [-0.15, -0.1) is 0 Å². The molecule has 0 fully saturated rings. The molecule has 1 N–H and O–H groups in total. The van der Waals surface area contributed by atoms with E-state index in [1.165, 1.54) is 0 Å². The number of rotatable bonds is 7. The van der Waals surface area contributed by atoms with E-state index in [1.54, 1.807) is 7.11 Å². The molecule has 0 aromatic heterocycles. The second-order valence-electron chi connectivity index (χ2n) is 3.72. The predicted molar refractivity (Wildman–Crippen MR) is 56.3 cm³/mol. The molecule has 0 amide bonds. The Morgan fingerprint density at radius 2 is 2.14 bits per heavy atom. The second-order valence-corrected chi connectivity index (χ2v) is 3.72. The summed E-state index contributed by atoms with van der Waals surface area (Å²) >= 11 is 0. The number of hydrogen-bond acceptors (Lipinski definition) is 2. The molecule has 0 aliphatic heterocycles. The Morgan fingerprint density at radius 1 is 1.57 bits per heavy atom. The largest absolute Gasteiger partial charge is 0.478 e. The SMILES string of the molecule is C=C(CC(C)CC(CC)OC)C(=O)O. The fourth-order valence-electron chi connectivity index (χ4n) is 1.47. The lowest BCUT2D eigenvalue weighted by molar-refractivity contribution is -0.132. The summed E-state index contributed by atoms with van der Waals surface area (Å²) in [5, 5.41) is 8.65. The average Bonchev–Trinajstić information content (AvgIpc) is 2.13. The number of methoxy groups -OCH3 is 1. The standard InChI is InChI=1S/C11H20O3/c1-5-10(14-4)7-8(2)6-9(3)11(12)13/h8,10H,3,5-7H2,1-2,4H3,(H,12,13). The van der Waals surface area contributed by atoms with Gasteiger partial charge in [-0.05, 0) is 25.2 Å². The van der Waals surface area contributed by atoms with Gasteiger partial charge in [-0.1, -0.05) is 20.4 Å². The Labute approximate surface area is 85.8 Å². The number of carboxylic acid groups (broad SMARTS) is 1. The minimum absolute atomic E-state index is 0.228. The van der Waals surface area contributed by atoms with E-state index in [4.69, 9.17) is 9.84 Å². The van der Waals surface area contributed by atoms with E-state index in [1.807, 2.05) is 6.92 Å². The summed E-state index contributed by atoms with van der Waals surface area (Å²) in [6, 6.07) is 0. The quantitative estimate of drug-likeness (QED) is 0.642. The van der Waals surface area contributed by atoms with Gasteiger partial charge in [0.15, 0.2) is 0 Å². The molecule has 0 heterocycles. The molecule has 3 nitrogen and oxygen atoms in total. The molecule has 3 heteroatoms. The van der Waals surface area contributed by atoms with E-state index in [-0.39, 0.29) is 11.7 Å². The van der Waals surface area contributed by atoms with Crippen LogP contribution in [0.5, 0.6) is 0 Å². The number of carboxylic acids is 1. The van der Waals surface area contributed by atoms with E-state index in [9.17, 15) is 4.79 Å². The van der Waals surface area contributed by atoms with Gasteiger partial charge in [0.05, 0.1) is 6.10 Å². The molecule has 0 aromatic rings. The van der Waals surface area contributed by atoms with E-state index in [2.05, 4.69) is 13.5 Å². The molecule has 0 saturated heterocycles. The molecule has 2 atom stereocenters. The monoisotopic (exact) mass is 200 g/mol. The molecule has 0 saturated carbocycles. The molecule has 0 aliphatic carbocycles. The third kappa shape index (κ3) is 5.02. The minimum atomic E-state index is -0.901. The molecule has 0 bridgehead atoms. The molecule has 0 spiro atoms. The zero-order valence-electron chi connectivity index (χ0n) is 9.25. The Morgan fingerprint density at radius 3 is 2.50 bits per heavy atom. The lowest BCUT2D eigenvalue weighted by Gasteiger charge is -2.18. The van der Waals surface area contributed by atoms with Crippen LogP contribution in [0.3, 0.4) is 0 Å². The molecule has 2 unspecified atom stereocenters. The Kier molecular flexibility index (Phi) is 6.21. The van der Waals surface area contributed by atoms with Gasteiger partial charge in [-0.3, -0.25) is 0 Å². The van der Waals surface area contributed by atoms with E-state index in [0.29, 0.717) is 12.3 Å². The first-order valence-electron chi connectivity index (χ1n) is 4.95. The first kappa shape index (κ1) is 13.2. The van der Waals surface area contributed by atoms with Crippen LogP contribution in [0.1, 0.15) is 33.1 Å². The van der Waals surface area contributed by atoms with Crippen LogP contribution in [-0.2, 0) is 9.53 Å². The van der Waals surface area contributed by atoms with Crippen molar-refractivity contribution in [3.05, 3.63) is 12.2 Å². The number of ether oxygens (including phenoxy) is 1. The van der Waals surface area contributed by atoms with Gasteiger partial charge in [0.2, 0.25) is 0 Å². The highest BCUT2D eigenvalue weighted by Crippen LogP contribution is 2.18. The van der Waals surface area contributed by atoms with Crippen LogP contribution in [0, 0.1) is 5.92 Å². The van der Waals surface area contributed by atoms with Crippen molar-refractivity contribution in [3.8, 4) is 0 Å². The molecule has 0 rings (SSSR count). The van der Waals surface area contributed by atoms with Crippen molar-refractivity contribution in [3.63, 3.8) is 0 Å². The third-order valence-electron chi connectivity index (χ3n) is 2.35. The number of aliphatic carboxylic acids is 1. The zero-order chi connectivity index (χ0) is 11.1. The molecule has 0 radical (unpaired) electrons. The maximum atomic E-state index is 10.5. The van der Waals surface area contributed by atoms with Crippen LogP contribution in [0.4, 0.5) is 0 Å². The van der Waals surface area contributed by atoms with Crippen LogP contribution in [0.25, 0.3) is 0 Å². The molecular weight excluding hydrogens is 180 g/mol. The highest BCUT2D eigenvalue weighted by molar-refractivity contribution is 5.85. The van der Waals surface area contributed by atoms with Gasteiger partial charge in [0.25, 0.3) is 0 Å². The molecular formula is C11H20O3. The van der Waals surface area contributed by atoms with Gasteiger partial charge in [0.1, 0.15) is 0 Å². The van der Waals surface area contributed by atoms with Crippen LogP contribution in [0.2, 0.25) is 0 Å². The van der Waals surface area contributed by atoms with Crippen molar-refractivity contribution in [2.24, 2.45) is 5.92 Å². The van der Waals surface area contributed by atoms with E-state index < -0.39 is 5.97 Å². The highest BCUT2D eigenvalue weighted by atomic mass is 16.5. The number of hydrogen-bond donors (Lipinski definition) is 1. The van der Waals surface area contributed by atoms with Gasteiger partial charge in [-0.25, -0.2) is 4.79 Å². The van der Waals surface area contributed by atoms with Crippen molar-refractivity contribution in [2.75, 3.05) is 7.11 Å². The summed E-state index contributed by atoms with van der Waals surface area (Å²) in [6.45, 7) is 7.60. The summed E-state index contributed by atoms with van der Waals surface area (Å²) in [4.78, 5) is 10.5. The average molecular weight is 200 g/mol. The molecule has 14 heavy (non-hydrogen) atoms. The summed E-state index contributed by atoms with van der Waals surface area (Å²) in [5.74, 6) is -0.592. The topological polar surface area (TPSA) is 46.5 Å². The van der Waals surface area contributed by atoms with E-state index in [0.717, 1.165) is 12.8 Å². The number of carbonyl (C=O) groups is 1. The summed E-state index contributed by atoms with van der Waals surface area (Å²) in [5.41, 5.74) is 0.281. The van der Waals surface area contributed by atoms with Crippen molar-refractivity contribution < 1.29 is 14.6 Å². The van der Waals surface area contributed by atoms with Crippen LogP contribution < -0.4 is 0 Å². The summed E-state index contributed by atoms with van der Waals surface area (Å²) in [6.07, 6.45) is 2.61. The van der Waals surface area contributed by atoms with Gasteiger partial charge >= 0.3 is 5.97 Å². The maximum absolute atomic E-state index is 10.5. The van der Waals surface area contributed by atoms with Crippen LogP contribution in [0.15, 0.2) is 12.2 Å².